The molecule has 0 fully saturated rings. The Morgan fingerprint density at radius 3 is 2.93 bits per heavy atom. The fraction of sp³-hybridized carbons (Fsp3) is 0.556. The number of nitrogens with one attached hydrogen (secondary N) is 2. The van der Waals surface area contributed by atoms with Gasteiger partial charge in [0.15, 0.2) is 5.82 Å². The SMILES string of the molecule is CC(C)c1cc(NC(=O)CCN)n[nH]1. The van der Waals surface area contributed by atoms with Crippen LogP contribution >= 0.6 is 0 Å². The van der Waals surface area contributed by atoms with E-state index < -0.39 is 0 Å². The zero-order valence-electron chi connectivity index (χ0n) is 8.50. The van der Waals surface area contributed by atoms with E-state index in [1.807, 2.05) is 6.07 Å². The molecule has 5 heteroatoms. The average Bonchev–Trinajstić information content (AvgIpc) is 2.53. The fourth-order valence-corrected chi connectivity index (χ4v) is 1.03. The topological polar surface area (TPSA) is 83.8 Å². The lowest BCUT2D eigenvalue weighted by atomic mass is 10.1. The van der Waals surface area contributed by atoms with Gasteiger partial charge >= 0.3 is 0 Å². The van der Waals surface area contributed by atoms with Crippen LogP contribution < -0.4 is 11.1 Å². The van der Waals surface area contributed by atoms with Crippen LogP contribution in [0, 0.1) is 0 Å². The molecule has 0 atom stereocenters. The van der Waals surface area contributed by atoms with Crippen molar-refractivity contribution in [3.8, 4) is 0 Å². The molecule has 1 aromatic rings. The van der Waals surface area contributed by atoms with Gasteiger partial charge in [-0.15, -0.1) is 0 Å². The van der Waals surface area contributed by atoms with Gasteiger partial charge in [-0.1, -0.05) is 13.8 Å². The molecule has 0 aliphatic rings. The molecule has 0 radical (unpaired) electrons. The molecule has 1 amide bonds. The van der Waals surface area contributed by atoms with Crippen LogP contribution in [-0.4, -0.2) is 22.6 Å². The second-order valence-corrected chi connectivity index (χ2v) is 3.45. The van der Waals surface area contributed by atoms with E-state index >= 15 is 0 Å². The van der Waals surface area contributed by atoms with E-state index in [1.165, 1.54) is 0 Å². The number of carbonyl (C=O) groups excluding carboxylic acids is 1. The van der Waals surface area contributed by atoms with Gasteiger partial charge in [-0.25, -0.2) is 0 Å². The summed E-state index contributed by atoms with van der Waals surface area (Å²) in [6.45, 7) is 4.46. The van der Waals surface area contributed by atoms with Crippen molar-refractivity contribution in [1.29, 1.82) is 0 Å². The van der Waals surface area contributed by atoms with Gasteiger partial charge in [0.25, 0.3) is 0 Å². The van der Waals surface area contributed by atoms with Gasteiger partial charge in [-0.2, -0.15) is 5.10 Å². The third-order valence-electron chi connectivity index (χ3n) is 1.86. The number of hydrogen-bond donors (Lipinski definition) is 3. The number of aromatic amines is 1. The van der Waals surface area contributed by atoms with Crippen LogP contribution in [0.5, 0.6) is 0 Å². The normalized spacial score (nSPS) is 10.6. The van der Waals surface area contributed by atoms with E-state index in [0.717, 1.165) is 5.69 Å². The van der Waals surface area contributed by atoms with Gasteiger partial charge in [0.1, 0.15) is 0 Å². The van der Waals surface area contributed by atoms with E-state index in [-0.39, 0.29) is 5.91 Å². The zero-order chi connectivity index (χ0) is 10.6. The quantitative estimate of drug-likeness (QED) is 0.666. The summed E-state index contributed by atoms with van der Waals surface area (Å²) in [5, 5.41) is 9.48. The first-order valence-electron chi connectivity index (χ1n) is 4.68. The predicted octanol–water partition coefficient (Wildman–Crippen LogP) is 0.820. The molecule has 0 unspecified atom stereocenters. The Kier molecular flexibility index (Phi) is 3.64. The Bertz CT molecular complexity index is 306. The molecule has 78 valence electrons. The minimum atomic E-state index is -0.102. The van der Waals surface area contributed by atoms with Crippen molar-refractivity contribution in [2.45, 2.75) is 26.2 Å². The highest BCUT2D eigenvalue weighted by molar-refractivity contribution is 5.89. The van der Waals surface area contributed by atoms with E-state index in [0.29, 0.717) is 24.7 Å². The Labute approximate surface area is 83.1 Å². The van der Waals surface area contributed by atoms with Crippen molar-refractivity contribution >= 4 is 11.7 Å². The third-order valence-corrected chi connectivity index (χ3v) is 1.86. The Balaban J connectivity index is 2.55. The van der Waals surface area contributed by atoms with Gasteiger partial charge in [0, 0.05) is 24.7 Å². The monoisotopic (exact) mass is 196 g/mol. The largest absolute Gasteiger partial charge is 0.330 e. The maximum absolute atomic E-state index is 11.1. The minimum absolute atomic E-state index is 0.102. The number of hydrogen-bond acceptors (Lipinski definition) is 3. The lowest BCUT2D eigenvalue weighted by Crippen LogP contribution is -2.16. The number of aromatic nitrogens is 2. The average molecular weight is 196 g/mol. The van der Waals surface area contributed by atoms with Crippen molar-refractivity contribution in [1.82, 2.24) is 10.2 Å². The van der Waals surface area contributed by atoms with Crippen molar-refractivity contribution in [3.05, 3.63) is 11.8 Å². The minimum Gasteiger partial charge on any atom is -0.330 e. The molecule has 14 heavy (non-hydrogen) atoms. The summed E-state index contributed by atoms with van der Waals surface area (Å²) in [6.07, 6.45) is 0.323. The molecule has 0 aliphatic heterocycles. The van der Waals surface area contributed by atoms with Crippen LogP contribution in [-0.2, 0) is 4.79 Å². The maximum atomic E-state index is 11.1. The number of carbonyl (C=O) groups is 1. The summed E-state index contributed by atoms with van der Waals surface area (Å²) in [5.74, 6) is 0.837. The van der Waals surface area contributed by atoms with Gasteiger partial charge in [-0.3, -0.25) is 9.89 Å². The van der Waals surface area contributed by atoms with Crippen molar-refractivity contribution in [2.75, 3.05) is 11.9 Å². The number of nitrogens with zero attached hydrogens (tertiary/aromatic N) is 1. The Morgan fingerprint density at radius 1 is 1.71 bits per heavy atom. The molecule has 1 heterocycles. The van der Waals surface area contributed by atoms with Gasteiger partial charge < -0.3 is 11.1 Å². The van der Waals surface area contributed by atoms with Gasteiger partial charge in [-0.05, 0) is 5.92 Å². The summed E-state index contributed by atoms with van der Waals surface area (Å²) in [7, 11) is 0. The highest BCUT2D eigenvalue weighted by Gasteiger charge is 2.06. The first kappa shape index (κ1) is 10.7. The van der Waals surface area contributed by atoms with Crippen LogP contribution in [0.3, 0.4) is 0 Å². The number of rotatable bonds is 4. The molecular formula is C9H16N4O. The third kappa shape index (κ3) is 2.85. The first-order valence-corrected chi connectivity index (χ1v) is 4.68. The molecule has 4 N–H and O–H groups in total. The van der Waals surface area contributed by atoms with Gasteiger partial charge in [0.2, 0.25) is 5.91 Å². The summed E-state index contributed by atoms with van der Waals surface area (Å²) in [5.41, 5.74) is 6.25. The Morgan fingerprint density at radius 2 is 2.43 bits per heavy atom. The molecule has 0 bridgehead atoms. The van der Waals surface area contributed by atoms with Crippen LogP contribution in [0.4, 0.5) is 5.82 Å². The molecule has 1 aromatic heterocycles. The number of amides is 1. The number of nitrogens with two attached hydrogens (primary N) is 1. The maximum Gasteiger partial charge on any atom is 0.226 e. The summed E-state index contributed by atoms with van der Waals surface area (Å²) >= 11 is 0. The van der Waals surface area contributed by atoms with Gasteiger partial charge in [0.05, 0.1) is 0 Å². The summed E-state index contributed by atoms with van der Waals surface area (Å²) in [4.78, 5) is 11.1. The van der Waals surface area contributed by atoms with E-state index in [1.54, 1.807) is 0 Å². The second kappa shape index (κ2) is 4.76. The van der Waals surface area contributed by atoms with Crippen LogP contribution in [0.15, 0.2) is 6.07 Å². The Hall–Kier alpha value is -1.36. The van der Waals surface area contributed by atoms with E-state index in [4.69, 9.17) is 5.73 Å². The molecule has 0 aliphatic carbocycles. The van der Waals surface area contributed by atoms with E-state index in [2.05, 4.69) is 29.4 Å². The van der Waals surface area contributed by atoms with Crippen LogP contribution in [0.2, 0.25) is 0 Å². The second-order valence-electron chi connectivity index (χ2n) is 3.45. The lowest BCUT2D eigenvalue weighted by Gasteiger charge is -1.98. The molecule has 5 nitrogen and oxygen atoms in total. The highest BCUT2D eigenvalue weighted by atomic mass is 16.1. The van der Waals surface area contributed by atoms with E-state index in [9.17, 15) is 4.79 Å². The predicted molar refractivity (Wildman–Crippen MR) is 55.0 cm³/mol. The van der Waals surface area contributed by atoms with Crippen molar-refractivity contribution < 1.29 is 4.79 Å². The molecule has 0 saturated carbocycles. The molecule has 0 spiro atoms. The molecular weight excluding hydrogens is 180 g/mol. The summed E-state index contributed by atoms with van der Waals surface area (Å²) < 4.78 is 0. The standard InChI is InChI=1S/C9H16N4O/c1-6(2)7-5-8(13-12-7)11-9(14)3-4-10/h5-6H,3-4,10H2,1-2H3,(H2,11,12,13,14). The zero-order valence-corrected chi connectivity index (χ0v) is 8.50. The molecule has 0 aromatic carbocycles. The first-order chi connectivity index (χ1) is 6.63. The number of H-pyrrole nitrogens is 1. The smallest absolute Gasteiger partial charge is 0.226 e. The molecule has 1 rings (SSSR count). The molecule has 0 saturated heterocycles. The summed E-state index contributed by atoms with van der Waals surface area (Å²) in [6, 6.07) is 1.83. The number of anilines is 1. The van der Waals surface area contributed by atoms with Crippen LogP contribution in [0.1, 0.15) is 31.9 Å². The van der Waals surface area contributed by atoms with Crippen molar-refractivity contribution in [2.24, 2.45) is 5.73 Å². The van der Waals surface area contributed by atoms with Crippen molar-refractivity contribution in [3.63, 3.8) is 0 Å². The van der Waals surface area contributed by atoms with Crippen LogP contribution in [0.25, 0.3) is 0 Å². The lowest BCUT2D eigenvalue weighted by molar-refractivity contribution is -0.116. The fourth-order valence-electron chi connectivity index (χ4n) is 1.03. The highest BCUT2D eigenvalue weighted by Crippen LogP contribution is 2.14.